The molecule has 1 fully saturated rings. The van der Waals surface area contributed by atoms with E-state index in [1.165, 1.54) is 0 Å². The predicted octanol–water partition coefficient (Wildman–Crippen LogP) is 1.50. The zero-order valence-electron chi connectivity index (χ0n) is 10.8. The SMILES string of the molecule is O=C(O)c1cccc2nc(N3CCS(=O)CC3)ccc12. The Balaban J connectivity index is 1.99. The van der Waals surface area contributed by atoms with Crippen molar-refractivity contribution in [2.45, 2.75) is 0 Å². The summed E-state index contributed by atoms with van der Waals surface area (Å²) in [5, 5.41) is 9.80. The van der Waals surface area contributed by atoms with Crippen molar-refractivity contribution in [1.29, 1.82) is 0 Å². The van der Waals surface area contributed by atoms with E-state index < -0.39 is 16.8 Å². The molecule has 2 heterocycles. The molecular weight excluding hydrogens is 276 g/mol. The molecule has 1 aliphatic heterocycles. The van der Waals surface area contributed by atoms with Crippen molar-refractivity contribution < 1.29 is 14.1 Å². The second-order valence-electron chi connectivity index (χ2n) is 4.68. The molecule has 6 heteroatoms. The van der Waals surface area contributed by atoms with Crippen LogP contribution in [0.3, 0.4) is 0 Å². The summed E-state index contributed by atoms with van der Waals surface area (Å²) in [6.45, 7) is 1.45. The molecule has 0 unspecified atom stereocenters. The van der Waals surface area contributed by atoms with Gasteiger partial charge < -0.3 is 10.0 Å². The molecule has 1 aromatic carbocycles. The standard InChI is InChI=1S/C14H14N2O3S/c17-14(18)11-2-1-3-12-10(11)4-5-13(15-12)16-6-8-20(19)9-7-16/h1-5H,6-9H2,(H,17,18). The Labute approximate surface area is 118 Å². The van der Waals surface area contributed by atoms with E-state index in [9.17, 15) is 9.00 Å². The Kier molecular flexibility index (Phi) is 3.40. The first-order valence-electron chi connectivity index (χ1n) is 6.38. The molecule has 104 valence electrons. The number of pyridine rings is 1. The number of aromatic nitrogens is 1. The highest BCUT2D eigenvalue weighted by Gasteiger charge is 2.17. The number of hydrogen-bond acceptors (Lipinski definition) is 4. The van der Waals surface area contributed by atoms with Crippen molar-refractivity contribution in [1.82, 2.24) is 4.98 Å². The number of benzene rings is 1. The molecule has 0 amide bonds. The van der Waals surface area contributed by atoms with Crippen molar-refractivity contribution in [3.05, 3.63) is 35.9 Å². The maximum atomic E-state index is 11.4. The maximum absolute atomic E-state index is 11.4. The summed E-state index contributed by atoms with van der Waals surface area (Å²) in [7, 11) is -0.719. The zero-order valence-corrected chi connectivity index (χ0v) is 11.6. The molecule has 0 saturated carbocycles. The van der Waals surface area contributed by atoms with E-state index >= 15 is 0 Å². The first-order valence-corrected chi connectivity index (χ1v) is 7.87. The third-order valence-corrected chi connectivity index (χ3v) is 4.73. The highest BCUT2D eigenvalue weighted by molar-refractivity contribution is 7.85. The van der Waals surface area contributed by atoms with Gasteiger partial charge in [0.25, 0.3) is 0 Å². The van der Waals surface area contributed by atoms with Crippen LogP contribution in [0, 0.1) is 0 Å². The number of carboxylic acids is 1. The summed E-state index contributed by atoms with van der Waals surface area (Å²) >= 11 is 0. The Hall–Kier alpha value is -1.95. The van der Waals surface area contributed by atoms with Gasteiger partial charge in [-0.3, -0.25) is 4.21 Å². The second-order valence-corrected chi connectivity index (χ2v) is 6.38. The number of aromatic carboxylic acids is 1. The largest absolute Gasteiger partial charge is 0.478 e. The first kappa shape index (κ1) is 13.1. The minimum atomic E-state index is -0.946. The van der Waals surface area contributed by atoms with E-state index in [0.717, 1.165) is 18.9 Å². The van der Waals surface area contributed by atoms with Gasteiger partial charge in [0.1, 0.15) is 5.82 Å². The van der Waals surface area contributed by atoms with E-state index in [4.69, 9.17) is 5.11 Å². The van der Waals surface area contributed by atoms with E-state index in [1.54, 1.807) is 18.2 Å². The monoisotopic (exact) mass is 290 g/mol. The third-order valence-electron chi connectivity index (χ3n) is 3.45. The van der Waals surface area contributed by atoms with Gasteiger partial charge in [0, 0.05) is 40.8 Å². The van der Waals surface area contributed by atoms with Gasteiger partial charge in [-0.1, -0.05) is 6.07 Å². The molecule has 0 radical (unpaired) electrons. The number of anilines is 1. The van der Waals surface area contributed by atoms with E-state index in [1.807, 2.05) is 12.1 Å². The van der Waals surface area contributed by atoms with Crippen molar-refractivity contribution in [2.75, 3.05) is 29.5 Å². The Bertz CT molecular complexity index is 692. The number of carbonyl (C=O) groups is 1. The van der Waals surface area contributed by atoms with Gasteiger partial charge in [-0.15, -0.1) is 0 Å². The number of nitrogens with zero attached hydrogens (tertiary/aromatic N) is 2. The van der Waals surface area contributed by atoms with Gasteiger partial charge in [-0.25, -0.2) is 9.78 Å². The molecule has 1 aliphatic rings. The van der Waals surface area contributed by atoms with Crippen LogP contribution in [0.25, 0.3) is 10.9 Å². The third kappa shape index (κ3) is 2.38. The van der Waals surface area contributed by atoms with E-state index in [0.29, 0.717) is 22.4 Å². The summed E-state index contributed by atoms with van der Waals surface area (Å²) < 4.78 is 11.4. The van der Waals surface area contributed by atoms with Crippen LogP contribution in [0.1, 0.15) is 10.4 Å². The van der Waals surface area contributed by atoms with Gasteiger partial charge >= 0.3 is 5.97 Å². The molecule has 2 aromatic rings. The van der Waals surface area contributed by atoms with Crippen LogP contribution < -0.4 is 4.90 Å². The summed E-state index contributed by atoms with van der Waals surface area (Å²) in [6, 6.07) is 8.73. The lowest BCUT2D eigenvalue weighted by atomic mass is 10.1. The van der Waals surface area contributed by atoms with Crippen molar-refractivity contribution in [3.63, 3.8) is 0 Å². The van der Waals surface area contributed by atoms with Crippen LogP contribution in [0.4, 0.5) is 5.82 Å². The average Bonchev–Trinajstić information content (AvgIpc) is 2.46. The fourth-order valence-electron chi connectivity index (χ4n) is 2.37. The van der Waals surface area contributed by atoms with E-state index in [-0.39, 0.29) is 5.56 Å². The van der Waals surface area contributed by atoms with Crippen LogP contribution >= 0.6 is 0 Å². The minimum Gasteiger partial charge on any atom is -0.478 e. The maximum Gasteiger partial charge on any atom is 0.336 e. The quantitative estimate of drug-likeness (QED) is 0.907. The van der Waals surface area contributed by atoms with Crippen LogP contribution in [0.5, 0.6) is 0 Å². The van der Waals surface area contributed by atoms with Crippen molar-refractivity contribution >= 4 is 33.5 Å². The Morgan fingerprint density at radius 2 is 1.95 bits per heavy atom. The lowest BCUT2D eigenvalue weighted by Gasteiger charge is -2.27. The summed E-state index contributed by atoms with van der Waals surface area (Å²) in [5.41, 5.74) is 0.940. The molecule has 0 atom stereocenters. The highest BCUT2D eigenvalue weighted by Crippen LogP contribution is 2.22. The molecule has 3 rings (SSSR count). The Morgan fingerprint density at radius 3 is 2.65 bits per heavy atom. The molecule has 1 N–H and O–H groups in total. The zero-order chi connectivity index (χ0) is 14.1. The van der Waals surface area contributed by atoms with Crippen LogP contribution in [0.2, 0.25) is 0 Å². The molecule has 1 saturated heterocycles. The smallest absolute Gasteiger partial charge is 0.336 e. The van der Waals surface area contributed by atoms with Gasteiger partial charge in [0.15, 0.2) is 0 Å². The summed E-state index contributed by atoms with van der Waals surface area (Å²) in [5.74, 6) is 1.19. The number of fused-ring (bicyclic) bond motifs is 1. The first-order chi connectivity index (χ1) is 9.65. The molecule has 0 bridgehead atoms. The van der Waals surface area contributed by atoms with Gasteiger partial charge in [-0.2, -0.15) is 0 Å². The van der Waals surface area contributed by atoms with Gasteiger partial charge in [0.2, 0.25) is 0 Å². The molecule has 1 aromatic heterocycles. The molecule has 20 heavy (non-hydrogen) atoms. The van der Waals surface area contributed by atoms with E-state index in [2.05, 4.69) is 9.88 Å². The van der Waals surface area contributed by atoms with Crippen molar-refractivity contribution in [3.8, 4) is 0 Å². The van der Waals surface area contributed by atoms with Crippen LogP contribution in [0.15, 0.2) is 30.3 Å². The molecule has 5 nitrogen and oxygen atoms in total. The summed E-state index contributed by atoms with van der Waals surface area (Å²) in [4.78, 5) is 17.8. The van der Waals surface area contributed by atoms with Gasteiger partial charge in [-0.05, 0) is 24.3 Å². The molecule has 0 aliphatic carbocycles. The molecular formula is C14H14N2O3S. The normalized spacial score (nSPS) is 16.5. The Morgan fingerprint density at radius 1 is 1.20 bits per heavy atom. The number of rotatable bonds is 2. The van der Waals surface area contributed by atoms with Crippen molar-refractivity contribution in [2.24, 2.45) is 0 Å². The lowest BCUT2D eigenvalue weighted by molar-refractivity contribution is 0.0699. The van der Waals surface area contributed by atoms with Crippen LogP contribution in [-0.4, -0.2) is 44.9 Å². The summed E-state index contributed by atoms with van der Waals surface area (Å²) in [6.07, 6.45) is 0. The topological polar surface area (TPSA) is 70.5 Å². The fourth-order valence-corrected chi connectivity index (χ4v) is 3.43. The number of hydrogen-bond donors (Lipinski definition) is 1. The fraction of sp³-hybridized carbons (Fsp3) is 0.286. The lowest BCUT2D eigenvalue weighted by Crippen LogP contribution is -2.38. The number of carboxylic acid groups (broad SMARTS) is 1. The predicted molar refractivity (Wildman–Crippen MR) is 78.8 cm³/mol. The molecule has 0 spiro atoms. The second kappa shape index (κ2) is 5.20. The minimum absolute atomic E-state index is 0.265. The highest BCUT2D eigenvalue weighted by atomic mass is 32.2. The van der Waals surface area contributed by atoms with Crippen LogP contribution in [-0.2, 0) is 10.8 Å². The average molecular weight is 290 g/mol. The van der Waals surface area contributed by atoms with Gasteiger partial charge in [0.05, 0.1) is 11.1 Å².